The van der Waals surface area contributed by atoms with Crippen LogP contribution in [-0.2, 0) is 0 Å². The Morgan fingerprint density at radius 3 is 2.42 bits per heavy atom. The maximum absolute atomic E-state index is 5.06. The van der Waals surface area contributed by atoms with Crippen molar-refractivity contribution < 1.29 is 0 Å². The van der Waals surface area contributed by atoms with Crippen molar-refractivity contribution in [1.29, 1.82) is 0 Å². The van der Waals surface area contributed by atoms with Crippen LogP contribution in [0.3, 0.4) is 0 Å². The van der Waals surface area contributed by atoms with E-state index in [-0.39, 0.29) is 0 Å². The third-order valence-corrected chi connectivity index (χ3v) is 1.57. The molecule has 0 amide bonds. The maximum Gasteiger partial charge on any atom is 0.125 e. The van der Waals surface area contributed by atoms with Crippen molar-refractivity contribution in [3.05, 3.63) is 25.6 Å². The zero-order valence-electron chi connectivity index (χ0n) is 7.50. The Kier molecular flexibility index (Phi) is 5.21. The molecule has 1 N–H and O–H groups in total. The molecule has 0 unspecified atom stereocenters. The first-order chi connectivity index (χ1) is 5.63. The average Bonchev–Trinajstić information content (AvgIpc) is 1.99. The van der Waals surface area contributed by atoms with Gasteiger partial charge >= 0.3 is 0 Å². The molecule has 0 bridgehead atoms. The topological polar surface area (TPSA) is 24.4 Å². The Labute approximate surface area is 79.1 Å². The lowest BCUT2D eigenvalue weighted by atomic mass is 10.1. The molecule has 0 aromatic heterocycles. The van der Waals surface area contributed by atoms with Crippen LogP contribution in [-0.4, -0.2) is 10.7 Å². The van der Waals surface area contributed by atoms with Crippen LogP contribution >= 0.6 is 12.2 Å². The quantitative estimate of drug-likeness (QED) is 0.533. The smallest absolute Gasteiger partial charge is 0.125 e. The van der Waals surface area contributed by atoms with Gasteiger partial charge in [-0.3, -0.25) is 4.99 Å². The number of hydrogen-bond acceptors (Lipinski definition) is 2. The van der Waals surface area contributed by atoms with E-state index in [1.54, 1.807) is 6.20 Å². The number of aliphatic imine (C=N–C) groups is 1. The molecule has 0 radical (unpaired) electrons. The molecule has 0 aliphatic carbocycles. The normalized spacial score (nSPS) is 11.1. The molecule has 0 fully saturated rings. The van der Waals surface area contributed by atoms with Crippen molar-refractivity contribution >= 4 is 22.9 Å². The minimum absolute atomic E-state index is 0.294. The predicted octanol–water partition coefficient (Wildman–Crippen LogP) is 2.29. The fraction of sp³-hybridized carbons (Fsp3) is 0.333. The fourth-order valence-electron chi connectivity index (χ4n) is 0.735. The molecule has 2 nitrogen and oxygen atoms in total. The van der Waals surface area contributed by atoms with Gasteiger partial charge < -0.3 is 5.32 Å². The van der Waals surface area contributed by atoms with Crippen LogP contribution < -0.4 is 5.32 Å². The zero-order chi connectivity index (χ0) is 9.56. The molecule has 0 aliphatic heterocycles. The summed E-state index contributed by atoms with van der Waals surface area (Å²) in [6.45, 7) is 11.1. The van der Waals surface area contributed by atoms with Crippen LogP contribution in [0.1, 0.15) is 13.8 Å². The average molecular weight is 182 g/mol. The second-order valence-electron chi connectivity index (χ2n) is 2.53. The summed E-state index contributed by atoms with van der Waals surface area (Å²) >= 11 is 5.06. The van der Waals surface area contributed by atoms with Crippen LogP contribution in [0.5, 0.6) is 0 Å². The Morgan fingerprint density at radius 1 is 1.50 bits per heavy atom. The number of rotatable bonds is 4. The van der Waals surface area contributed by atoms with Crippen LogP contribution in [0.15, 0.2) is 30.6 Å². The van der Waals surface area contributed by atoms with E-state index < -0.39 is 0 Å². The standard InChI is InChI=1S/C9H14N2S/c1-5-10-8(7(3)4)9(12)11-6-2/h5-7H,1-2H2,3-4H3,(H,11,12). The Bertz CT molecular complexity index is 217. The van der Waals surface area contributed by atoms with Gasteiger partial charge in [-0.2, -0.15) is 0 Å². The third-order valence-electron chi connectivity index (χ3n) is 1.24. The summed E-state index contributed by atoms with van der Waals surface area (Å²) in [5.41, 5.74) is 0.833. The molecule has 0 aromatic rings. The molecule has 0 atom stereocenters. The highest BCUT2D eigenvalue weighted by Gasteiger charge is 2.08. The van der Waals surface area contributed by atoms with Gasteiger partial charge in [0.15, 0.2) is 0 Å². The number of hydrogen-bond donors (Lipinski definition) is 1. The summed E-state index contributed by atoms with van der Waals surface area (Å²) in [4.78, 5) is 4.68. The van der Waals surface area contributed by atoms with Gasteiger partial charge in [-0.25, -0.2) is 0 Å². The molecule has 0 aliphatic rings. The van der Waals surface area contributed by atoms with Crippen molar-refractivity contribution in [2.75, 3.05) is 0 Å². The van der Waals surface area contributed by atoms with Crippen LogP contribution in [0.25, 0.3) is 0 Å². The van der Waals surface area contributed by atoms with Gasteiger partial charge in [0.2, 0.25) is 0 Å². The van der Waals surface area contributed by atoms with Crippen LogP contribution in [0, 0.1) is 5.92 Å². The SMILES string of the molecule is C=CN=C(C(=S)NC=C)C(C)C. The van der Waals surface area contributed by atoms with E-state index in [2.05, 4.69) is 23.5 Å². The van der Waals surface area contributed by atoms with Gasteiger partial charge in [-0.1, -0.05) is 39.2 Å². The van der Waals surface area contributed by atoms with E-state index in [1.807, 2.05) is 13.8 Å². The molecule has 0 heterocycles. The highest BCUT2D eigenvalue weighted by atomic mass is 32.1. The Morgan fingerprint density at radius 2 is 2.08 bits per heavy atom. The third kappa shape index (κ3) is 3.44. The summed E-state index contributed by atoms with van der Waals surface area (Å²) in [6.07, 6.45) is 3.04. The van der Waals surface area contributed by atoms with Gasteiger partial charge in [0.05, 0.1) is 5.71 Å². The van der Waals surface area contributed by atoms with E-state index in [0.29, 0.717) is 10.9 Å². The largest absolute Gasteiger partial charge is 0.352 e. The molecule has 0 saturated heterocycles. The van der Waals surface area contributed by atoms with Crippen LogP contribution in [0.4, 0.5) is 0 Å². The second kappa shape index (κ2) is 5.66. The van der Waals surface area contributed by atoms with Crippen molar-refractivity contribution in [3.8, 4) is 0 Å². The Balaban J connectivity index is 4.51. The fourth-order valence-corrected chi connectivity index (χ4v) is 1.11. The lowest BCUT2D eigenvalue weighted by Crippen LogP contribution is -2.28. The molecule has 0 aromatic carbocycles. The molecule has 66 valence electrons. The number of thiocarbonyl (C=S) groups is 1. The molecule has 12 heavy (non-hydrogen) atoms. The van der Waals surface area contributed by atoms with Gasteiger partial charge in [-0.05, 0) is 12.1 Å². The first kappa shape index (κ1) is 11.0. The van der Waals surface area contributed by atoms with E-state index >= 15 is 0 Å². The van der Waals surface area contributed by atoms with Crippen LogP contribution in [0.2, 0.25) is 0 Å². The molecular weight excluding hydrogens is 168 g/mol. The Hall–Kier alpha value is -0.960. The summed E-state index contributed by atoms with van der Waals surface area (Å²) in [5, 5.41) is 2.83. The zero-order valence-corrected chi connectivity index (χ0v) is 8.32. The lowest BCUT2D eigenvalue weighted by molar-refractivity contribution is 0.892. The molecule has 3 heteroatoms. The first-order valence-electron chi connectivity index (χ1n) is 3.73. The van der Waals surface area contributed by atoms with E-state index in [9.17, 15) is 0 Å². The minimum Gasteiger partial charge on any atom is -0.352 e. The van der Waals surface area contributed by atoms with E-state index in [0.717, 1.165) is 5.71 Å². The molecular formula is C9H14N2S. The van der Waals surface area contributed by atoms with Crippen molar-refractivity contribution in [1.82, 2.24) is 5.32 Å². The lowest BCUT2D eigenvalue weighted by Gasteiger charge is -2.09. The van der Waals surface area contributed by atoms with Gasteiger partial charge in [0, 0.05) is 6.20 Å². The van der Waals surface area contributed by atoms with Crippen molar-refractivity contribution in [2.24, 2.45) is 10.9 Å². The maximum atomic E-state index is 5.06. The highest BCUT2D eigenvalue weighted by Crippen LogP contribution is 1.99. The van der Waals surface area contributed by atoms with Gasteiger partial charge in [0.1, 0.15) is 4.99 Å². The second-order valence-corrected chi connectivity index (χ2v) is 2.94. The summed E-state index contributed by atoms with van der Waals surface area (Å²) in [6, 6.07) is 0. The number of nitrogens with zero attached hydrogens (tertiary/aromatic N) is 1. The minimum atomic E-state index is 0.294. The van der Waals surface area contributed by atoms with Crippen molar-refractivity contribution in [3.63, 3.8) is 0 Å². The molecule has 0 spiro atoms. The number of nitrogens with one attached hydrogen (secondary N) is 1. The summed E-state index contributed by atoms with van der Waals surface area (Å²) < 4.78 is 0. The van der Waals surface area contributed by atoms with E-state index in [4.69, 9.17) is 12.2 Å². The van der Waals surface area contributed by atoms with E-state index in [1.165, 1.54) is 6.20 Å². The van der Waals surface area contributed by atoms with Gasteiger partial charge in [0.25, 0.3) is 0 Å². The predicted molar refractivity (Wildman–Crippen MR) is 58.4 cm³/mol. The molecule has 0 saturated carbocycles. The monoisotopic (exact) mass is 182 g/mol. The molecule has 0 rings (SSSR count). The first-order valence-corrected chi connectivity index (χ1v) is 4.14. The van der Waals surface area contributed by atoms with Gasteiger partial charge in [-0.15, -0.1) is 0 Å². The summed E-state index contributed by atoms with van der Waals surface area (Å²) in [7, 11) is 0. The summed E-state index contributed by atoms with van der Waals surface area (Å²) in [5.74, 6) is 0.294. The highest BCUT2D eigenvalue weighted by molar-refractivity contribution is 7.82. The van der Waals surface area contributed by atoms with Crippen molar-refractivity contribution in [2.45, 2.75) is 13.8 Å².